The maximum atomic E-state index is 4.38. The van der Waals surface area contributed by atoms with Crippen molar-refractivity contribution in [2.45, 2.75) is 19.4 Å². The Labute approximate surface area is 102 Å². The highest BCUT2D eigenvalue weighted by Crippen LogP contribution is 2.18. The van der Waals surface area contributed by atoms with Gasteiger partial charge < -0.3 is 5.32 Å². The first kappa shape index (κ1) is 11.7. The molecule has 1 aromatic carbocycles. The van der Waals surface area contributed by atoms with Crippen LogP contribution in [0.5, 0.6) is 0 Å². The molecule has 1 atom stereocenters. The van der Waals surface area contributed by atoms with Crippen LogP contribution >= 0.6 is 0 Å². The summed E-state index contributed by atoms with van der Waals surface area (Å²) >= 11 is 0. The normalized spacial score (nSPS) is 12.3. The smallest absolute Gasteiger partial charge is 0.0801 e. The average molecular weight is 227 g/mol. The Morgan fingerprint density at radius 3 is 2.65 bits per heavy atom. The fraction of sp³-hybridized carbons (Fsp3) is 0.286. The van der Waals surface area contributed by atoms with E-state index in [0.29, 0.717) is 0 Å². The molecule has 1 aromatic heterocycles. The molecular formula is C14H17N3. The van der Waals surface area contributed by atoms with Crippen LogP contribution in [0.25, 0.3) is 0 Å². The van der Waals surface area contributed by atoms with E-state index in [1.54, 1.807) is 12.4 Å². The molecule has 0 radical (unpaired) electrons. The van der Waals surface area contributed by atoms with Gasteiger partial charge in [-0.15, -0.1) is 0 Å². The minimum absolute atomic E-state index is 0.129. The van der Waals surface area contributed by atoms with Crippen molar-refractivity contribution in [1.82, 2.24) is 15.3 Å². The van der Waals surface area contributed by atoms with E-state index in [1.807, 2.05) is 24.4 Å². The topological polar surface area (TPSA) is 37.8 Å². The predicted molar refractivity (Wildman–Crippen MR) is 68.6 cm³/mol. The highest BCUT2D eigenvalue weighted by molar-refractivity contribution is 5.26. The third-order valence-corrected chi connectivity index (χ3v) is 2.61. The van der Waals surface area contributed by atoms with E-state index < -0.39 is 0 Å². The lowest BCUT2D eigenvalue weighted by Crippen LogP contribution is -2.24. The van der Waals surface area contributed by atoms with Gasteiger partial charge in [0.05, 0.1) is 17.9 Å². The van der Waals surface area contributed by atoms with E-state index in [9.17, 15) is 0 Å². The van der Waals surface area contributed by atoms with Crippen LogP contribution in [-0.2, 0) is 0 Å². The minimum atomic E-state index is 0.129. The molecule has 1 unspecified atom stereocenters. The van der Waals surface area contributed by atoms with Crippen LogP contribution in [-0.4, -0.2) is 16.5 Å². The van der Waals surface area contributed by atoms with Crippen molar-refractivity contribution in [2.24, 2.45) is 0 Å². The van der Waals surface area contributed by atoms with Crippen molar-refractivity contribution < 1.29 is 0 Å². The quantitative estimate of drug-likeness (QED) is 0.853. The Hall–Kier alpha value is -1.74. The molecular weight excluding hydrogens is 210 g/mol. The molecule has 1 heterocycles. The first-order chi connectivity index (χ1) is 8.42. The summed E-state index contributed by atoms with van der Waals surface area (Å²) in [5, 5.41) is 3.50. The van der Waals surface area contributed by atoms with Gasteiger partial charge >= 0.3 is 0 Å². The molecule has 2 rings (SSSR count). The van der Waals surface area contributed by atoms with Crippen LogP contribution in [0.3, 0.4) is 0 Å². The third kappa shape index (κ3) is 3.11. The maximum absolute atomic E-state index is 4.38. The van der Waals surface area contributed by atoms with Gasteiger partial charge in [0.1, 0.15) is 0 Å². The van der Waals surface area contributed by atoms with E-state index in [2.05, 4.69) is 34.3 Å². The molecule has 1 N–H and O–H groups in total. The number of benzene rings is 1. The number of hydrogen-bond acceptors (Lipinski definition) is 3. The van der Waals surface area contributed by atoms with Crippen molar-refractivity contribution in [1.29, 1.82) is 0 Å². The minimum Gasteiger partial charge on any atom is -0.305 e. The fourth-order valence-corrected chi connectivity index (χ4v) is 1.79. The summed E-state index contributed by atoms with van der Waals surface area (Å²) < 4.78 is 0. The molecule has 3 heteroatoms. The van der Waals surface area contributed by atoms with Crippen LogP contribution < -0.4 is 5.32 Å². The molecule has 0 spiro atoms. The Balaban J connectivity index is 2.26. The summed E-state index contributed by atoms with van der Waals surface area (Å²) in [6.07, 6.45) is 6.36. The summed E-state index contributed by atoms with van der Waals surface area (Å²) in [4.78, 5) is 8.52. The molecule has 2 aromatic rings. The average Bonchev–Trinajstić information content (AvgIpc) is 2.42. The van der Waals surface area contributed by atoms with Crippen LogP contribution in [0.4, 0.5) is 0 Å². The summed E-state index contributed by atoms with van der Waals surface area (Å²) in [6.45, 7) is 3.13. The van der Waals surface area contributed by atoms with Gasteiger partial charge in [-0.3, -0.25) is 9.97 Å². The molecule has 0 amide bonds. The molecule has 0 saturated heterocycles. The highest BCUT2D eigenvalue weighted by Gasteiger charge is 2.13. The van der Waals surface area contributed by atoms with Gasteiger partial charge in [-0.2, -0.15) is 0 Å². The van der Waals surface area contributed by atoms with Crippen LogP contribution in [0.15, 0.2) is 48.9 Å². The number of aromatic nitrogens is 2. The number of rotatable bonds is 5. The number of hydrogen-bond donors (Lipinski definition) is 1. The molecule has 3 nitrogen and oxygen atoms in total. The van der Waals surface area contributed by atoms with E-state index in [0.717, 1.165) is 18.7 Å². The first-order valence-corrected chi connectivity index (χ1v) is 5.96. The van der Waals surface area contributed by atoms with Crippen molar-refractivity contribution in [2.75, 3.05) is 6.54 Å². The van der Waals surface area contributed by atoms with Gasteiger partial charge in [0.15, 0.2) is 0 Å². The zero-order chi connectivity index (χ0) is 11.9. The van der Waals surface area contributed by atoms with Crippen LogP contribution in [0.1, 0.15) is 30.6 Å². The van der Waals surface area contributed by atoms with Crippen LogP contribution in [0.2, 0.25) is 0 Å². The molecule has 88 valence electrons. The zero-order valence-corrected chi connectivity index (χ0v) is 10.0. The Morgan fingerprint density at radius 2 is 2.00 bits per heavy atom. The van der Waals surface area contributed by atoms with Gasteiger partial charge in [-0.1, -0.05) is 37.3 Å². The van der Waals surface area contributed by atoms with Gasteiger partial charge in [0.25, 0.3) is 0 Å². The summed E-state index contributed by atoms with van der Waals surface area (Å²) in [5.41, 5.74) is 2.19. The lowest BCUT2D eigenvalue weighted by Gasteiger charge is -2.17. The SMILES string of the molecule is CCCNC(c1ccccc1)c1cnccn1. The van der Waals surface area contributed by atoms with Crippen molar-refractivity contribution >= 4 is 0 Å². The van der Waals surface area contributed by atoms with Crippen molar-refractivity contribution in [3.05, 3.63) is 60.2 Å². The monoisotopic (exact) mass is 227 g/mol. The van der Waals surface area contributed by atoms with Gasteiger partial charge in [0, 0.05) is 12.4 Å². The molecule has 0 aliphatic heterocycles. The standard InChI is InChI=1S/C14H17N3/c1-2-8-17-14(12-6-4-3-5-7-12)13-11-15-9-10-16-13/h3-7,9-11,14,17H,2,8H2,1H3. The summed E-state index contributed by atoms with van der Waals surface area (Å²) in [6, 6.07) is 10.5. The molecule has 17 heavy (non-hydrogen) atoms. The summed E-state index contributed by atoms with van der Waals surface area (Å²) in [7, 11) is 0. The second-order valence-corrected chi connectivity index (χ2v) is 3.93. The third-order valence-electron chi connectivity index (χ3n) is 2.61. The number of nitrogens with zero attached hydrogens (tertiary/aromatic N) is 2. The Bertz CT molecular complexity index is 388. The maximum Gasteiger partial charge on any atom is 0.0801 e. The molecule has 0 bridgehead atoms. The number of nitrogens with one attached hydrogen (secondary N) is 1. The second-order valence-electron chi connectivity index (χ2n) is 3.93. The molecule has 0 aliphatic carbocycles. The highest BCUT2D eigenvalue weighted by atomic mass is 14.9. The molecule has 0 fully saturated rings. The zero-order valence-electron chi connectivity index (χ0n) is 10.0. The van der Waals surface area contributed by atoms with E-state index in [-0.39, 0.29) is 6.04 Å². The molecule has 0 saturated carbocycles. The van der Waals surface area contributed by atoms with Crippen LogP contribution in [0, 0.1) is 0 Å². The second kappa shape index (κ2) is 6.11. The van der Waals surface area contributed by atoms with Crippen molar-refractivity contribution in [3.8, 4) is 0 Å². The Morgan fingerprint density at radius 1 is 1.18 bits per heavy atom. The lowest BCUT2D eigenvalue weighted by molar-refractivity contribution is 0.584. The Kier molecular flexibility index (Phi) is 4.22. The largest absolute Gasteiger partial charge is 0.305 e. The predicted octanol–water partition coefficient (Wildman–Crippen LogP) is 2.57. The first-order valence-electron chi connectivity index (χ1n) is 5.96. The fourth-order valence-electron chi connectivity index (χ4n) is 1.79. The van der Waals surface area contributed by atoms with Gasteiger partial charge in [-0.05, 0) is 18.5 Å². The van der Waals surface area contributed by atoms with Gasteiger partial charge in [0.2, 0.25) is 0 Å². The van der Waals surface area contributed by atoms with E-state index >= 15 is 0 Å². The molecule has 0 aliphatic rings. The lowest BCUT2D eigenvalue weighted by atomic mass is 10.0. The summed E-state index contributed by atoms with van der Waals surface area (Å²) in [5.74, 6) is 0. The van der Waals surface area contributed by atoms with E-state index in [1.165, 1.54) is 5.56 Å². The van der Waals surface area contributed by atoms with Gasteiger partial charge in [-0.25, -0.2) is 0 Å². The van der Waals surface area contributed by atoms with Crippen molar-refractivity contribution in [3.63, 3.8) is 0 Å². The van der Waals surface area contributed by atoms with E-state index in [4.69, 9.17) is 0 Å².